The summed E-state index contributed by atoms with van der Waals surface area (Å²) in [6.07, 6.45) is 0. The normalized spacial score (nSPS) is 19.3. The van der Waals surface area contributed by atoms with Crippen molar-refractivity contribution >= 4 is 9.84 Å². The topological polar surface area (TPSA) is 49.4 Å². The van der Waals surface area contributed by atoms with Gasteiger partial charge in [0.05, 0.1) is 10.6 Å². The lowest BCUT2D eigenvalue weighted by atomic mass is 10.1. The summed E-state index contributed by atoms with van der Waals surface area (Å²) < 4.78 is 25.3. The summed E-state index contributed by atoms with van der Waals surface area (Å²) in [5.74, 6) is 0.0504. The van der Waals surface area contributed by atoms with E-state index in [9.17, 15) is 8.42 Å². The minimum absolute atomic E-state index is 0.0504. The number of sulfone groups is 1. The Bertz CT molecular complexity index is 775. The monoisotopic (exact) mass is 344 g/mol. The van der Waals surface area contributed by atoms with Gasteiger partial charge in [-0.25, -0.2) is 8.42 Å². The summed E-state index contributed by atoms with van der Waals surface area (Å²) in [6.45, 7) is 5.93. The summed E-state index contributed by atoms with van der Waals surface area (Å²) in [5.41, 5.74) is 2.00. The number of hydrogen-bond donors (Lipinski definition) is 1. The highest BCUT2D eigenvalue weighted by molar-refractivity contribution is 7.90. The maximum Gasteiger partial charge on any atom is 0.182 e. The van der Waals surface area contributed by atoms with Crippen molar-refractivity contribution in [3.8, 4) is 0 Å². The fourth-order valence-electron chi connectivity index (χ4n) is 3.17. The smallest absolute Gasteiger partial charge is 0.182 e. The molecule has 128 valence electrons. The van der Waals surface area contributed by atoms with Crippen molar-refractivity contribution in [3.05, 3.63) is 65.7 Å². The maximum atomic E-state index is 12.7. The van der Waals surface area contributed by atoms with E-state index in [2.05, 4.69) is 17.1 Å². The number of nitrogens with one attached hydrogen (secondary N) is 1. The molecule has 1 N–H and O–H groups in total. The van der Waals surface area contributed by atoms with E-state index in [-0.39, 0.29) is 5.75 Å². The highest BCUT2D eigenvalue weighted by atomic mass is 32.2. The molecule has 1 saturated heterocycles. The van der Waals surface area contributed by atoms with Gasteiger partial charge >= 0.3 is 0 Å². The quantitative estimate of drug-likeness (QED) is 0.905. The zero-order valence-corrected chi connectivity index (χ0v) is 14.8. The summed E-state index contributed by atoms with van der Waals surface area (Å²) >= 11 is 0. The van der Waals surface area contributed by atoms with Crippen molar-refractivity contribution < 1.29 is 8.42 Å². The van der Waals surface area contributed by atoms with Crippen LogP contribution in [0.15, 0.2) is 59.5 Å². The van der Waals surface area contributed by atoms with Crippen molar-refractivity contribution in [2.45, 2.75) is 30.2 Å². The van der Waals surface area contributed by atoms with Gasteiger partial charge in [-0.2, -0.15) is 0 Å². The number of piperazine rings is 1. The van der Waals surface area contributed by atoms with Crippen LogP contribution in [0.3, 0.4) is 0 Å². The molecule has 0 aromatic heterocycles. The van der Waals surface area contributed by atoms with Crippen LogP contribution in [-0.2, 0) is 22.1 Å². The molecule has 3 rings (SSSR count). The van der Waals surface area contributed by atoms with Crippen LogP contribution >= 0.6 is 0 Å². The SMILES string of the molecule is C[C@@H]1CN(Cc2ccccc2CS(=O)(=O)c2ccccc2)CCN1. The van der Waals surface area contributed by atoms with Crippen LogP contribution in [0.4, 0.5) is 0 Å². The number of rotatable bonds is 5. The highest BCUT2D eigenvalue weighted by Gasteiger charge is 2.20. The predicted molar refractivity (Wildman–Crippen MR) is 96.5 cm³/mol. The van der Waals surface area contributed by atoms with Crippen LogP contribution in [0.1, 0.15) is 18.1 Å². The Hall–Kier alpha value is -1.69. The molecule has 0 amide bonds. The average molecular weight is 344 g/mol. The van der Waals surface area contributed by atoms with Gasteiger partial charge in [0, 0.05) is 32.2 Å². The van der Waals surface area contributed by atoms with Gasteiger partial charge in [-0.15, -0.1) is 0 Å². The fourth-order valence-corrected chi connectivity index (χ4v) is 4.59. The third-order valence-electron chi connectivity index (χ3n) is 4.41. The van der Waals surface area contributed by atoms with Gasteiger partial charge in [0.15, 0.2) is 9.84 Å². The van der Waals surface area contributed by atoms with Crippen molar-refractivity contribution in [1.82, 2.24) is 10.2 Å². The summed E-state index contributed by atoms with van der Waals surface area (Å²) in [6, 6.07) is 17.0. The minimum atomic E-state index is -3.32. The van der Waals surface area contributed by atoms with E-state index in [1.54, 1.807) is 24.3 Å². The zero-order chi connectivity index (χ0) is 17.0. The predicted octanol–water partition coefficient (Wildman–Crippen LogP) is 2.45. The number of hydrogen-bond acceptors (Lipinski definition) is 4. The first-order valence-electron chi connectivity index (χ1n) is 8.35. The third kappa shape index (κ3) is 4.23. The van der Waals surface area contributed by atoms with Crippen LogP contribution in [0.5, 0.6) is 0 Å². The second kappa shape index (κ2) is 7.47. The molecule has 0 bridgehead atoms. The van der Waals surface area contributed by atoms with Crippen LogP contribution < -0.4 is 5.32 Å². The van der Waals surface area contributed by atoms with Crippen molar-refractivity contribution in [2.75, 3.05) is 19.6 Å². The van der Waals surface area contributed by atoms with Gasteiger partial charge in [-0.05, 0) is 30.2 Å². The minimum Gasteiger partial charge on any atom is -0.312 e. The van der Waals surface area contributed by atoms with E-state index in [1.807, 2.05) is 30.3 Å². The molecule has 24 heavy (non-hydrogen) atoms. The average Bonchev–Trinajstić information content (AvgIpc) is 2.57. The largest absolute Gasteiger partial charge is 0.312 e. The van der Waals surface area contributed by atoms with Gasteiger partial charge in [-0.3, -0.25) is 4.90 Å². The van der Waals surface area contributed by atoms with Crippen LogP contribution in [0, 0.1) is 0 Å². The molecule has 1 heterocycles. The summed E-state index contributed by atoms with van der Waals surface area (Å²) in [5, 5.41) is 3.43. The molecule has 1 aliphatic heterocycles. The number of nitrogens with zero attached hydrogens (tertiary/aromatic N) is 1. The standard InChI is InChI=1S/C19H24N2O2S/c1-16-13-21(12-11-20-16)14-17-7-5-6-8-18(17)15-24(22,23)19-9-3-2-4-10-19/h2-10,16,20H,11-15H2,1H3/t16-/m1/s1. The Morgan fingerprint density at radius 2 is 1.71 bits per heavy atom. The summed E-state index contributed by atoms with van der Waals surface area (Å²) in [4.78, 5) is 2.77. The van der Waals surface area contributed by atoms with Crippen LogP contribution in [0.2, 0.25) is 0 Å². The lowest BCUT2D eigenvalue weighted by Gasteiger charge is -2.32. The molecule has 2 aromatic rings. The van der Waals surface area contributed by atoms with E-state index in [4.69, 9.17) is 0 Å². The first-order chi connectivity index (χ1) is 11.5. The Morgan fingerprint density at radius 3 is 2.42 bits per heavy atom. The first kappa shape index (κ1) is 17.1. The van der Waals surface area contributed by atoms with E-state index < -0.39 is 9.84 Å². The molecule has 0 unspecified atom stereocenters. The third-order valence-corrected chi connectivity index (χ3v) is 6.09. The lowest BCUT2D eigenvalue weighted by molar-refractivity contribution is 0.199. The summed E-state index contributed by atoms with van der Waals surface area (Å²) in [7, 11) is -3.32. The Morgan fingerprint density at radius 1 is 1.04 bits per heavy atom. The molecule has 0 radical (unpaired) electrons. The van der Waals surface area contributed by atoms with Gasteiger partial charge < -0.3 is 5.32 Å². The lowest BCUT2D eigenvalue weighted by Crippen LogP contribution is -2.48. The van der Waals surface area contributed by atoms with Gasteiger partial charge in [0.1, 0.15) is 0 Å². The van der Waals surface area contributed by atoms with Gasteiger partial charge in [0.25, 0.3) is 0 Å². The Labute approximate surface area is 144 Å². The molecular formula is C19H24N2O2S. The van der Waals surface area contributed by atoms with E-state index in [1.165, 1.54) is 0 Å². The molecule has 0 aliphatic carbocycles. The zero-order valence-electron chi connectivity index (χ0n) is 14.0. The second-order valence-electron chi connectivity index (χ2n) is 6.43. The molecule has 1 atom stereocenters. The molecule has 2 aromatic carbocycles. The molecule has 4 nitrogen and oxygen atoms in total. The van der Waals surface area contributed by atoms with Crippen molar-refractivity contribution in [2.24, 2.45) is 0 Å². The van der Waals surface area contributed by atoms with Gasteiger partial charge in [0.2, 0.25) is 0 Å². The molecule has 1 fully saturated rings. The fraction of sp³-hybridized carbons (Fsp3) is 0.368. The van der Waals surface area contributed by atoms with Crippen LogP contribution in [0.25, 0.3) is 0 Å². The number of benzene rings is 2. The van der Waals surface area contributed by atoms with Gasteiger partial charge in [-0.1, -0.05) is 42.5 Å². The second-order valence-corrected chi connectivity index (χ2v) is 8.42. The highest BCUT2D eigenvalue weighted by Crippen LogP contribution is 2.20. The molecule has 0 saturated carbocycles. The molecule has 5 heteroatoms. The van der Waals surface area contributed by atoms with Crippen molar-refractivity contribution in [3.63, 3.8) is 0 Å². The molecular weight excluding hydrogens is 320 g/mol. The molecule has 0 spiro atoms. The van der Waals surface area contributed by atoms with E-state index in [0.29, 0.717) is 10.9 Å². The molecule has 1 aliphatic rings. The Kier molecular flexibility index (Phi) is 5.33. The van der Waals surface area contributed by atoms with Crippen molar-refractivity contribution in [1.29, 1.82) is 0 Å². The van der Waals surface area contributed by atoms with E-state index in [0.717, 1.165) is 37.3 Å². The first-order valence-corrected chi connectivity index (χ1v) is 10.0. The Balaban J connectivity index is 1.79. The van der Waals surface area contributed by atoms with Crippen LogP contribution in [-0.4, -0.2) is 39.0 Å². The van der Waals surface area contributed by atoms with E-state index >= 15 is 0 Å². The maximum absolute atomic E-state index is 12.7.